The maximum Gasteiger partial charge on any atom is 0.0666 e. The van der Waals surface area contributed by atoms with Crippen molar-refractivity contribution in [3.8, 4) is 6.07 Å². The second-order valence-electron chi connectivity index (χ2n) is 3.35. The van der Waals surface area contributed by atoms with Crippen molar-refractivity contribution >= 4 is 0 Å². The molecule has 1 heterocycles. The molecule has 0 N–H and O–H groups in total. The van der Waals surface area contributed by atoms with Crippen LogP contribution in [-0.2, 0) is 0 Å². The first-order valence-corrected chi connectivity index (χ1v) is 3.84. The predicted octanol–water partition coefficient (Wildman–Crippen LogP) is 1.10. The zero-order valence-electron chi connectivity index (χ0n) is 6.67. The standard InChI is InChI=1S/C8H14N2/c1-7(3-9)4-10-5-8(2)6-10/h7-8H,4-6H2,1-2H3. The molecule has 1 fully saturated rings. The Morgan fingerprint density at radius 2 is 2.30 bits per heavy atom. The van der Waals surface area contributed by atoms with Gasteiger partial charge in [-0.3, -0.25) is 0 Å². The predicted molar refractivity (Wildman–Crippen MR) is 40.4 cm³/mol. The highest BCUT2D eigenvalue weighted by molar-refractivity contribution is 4.85. The minimum Gasteiger partial charge on any atom is -0.301 e. The zero-order valence-corrected chi connectivity index (χ0v) is 6.67. The van der Waals surface area contributed by atoms with Gasteiger partial charge in [0.05, 0.1) is 12.0 Å². The van der Waals surface area contributed by atoms with Crippen LogP contribution in [0.15, 0.2) is 0 Å². The van der Waals surface area contributed by atoms with Crippen molar-refractivity contribution in [1.29, 1.82) is 5.26 Å². The van der Waals surface area contributed by atoms with Gasteiger partial charge in [-0.2, -0.15) is 5.26 Å². The van der Waals surface area contributed by atoms with E-state index in [9.17, 15) is 0 Å². The summed E-state index contributed by atoms with van der Waals surface area (Å²) in [5.74, 6) is 1.05. The lowest BCUT2D eigenvalue weighted by Gasteiger charge is -2.37. The second-order valence-corrected chi connectivity index (χ2v) is 3.35. The lowest BCUT2D eigenvalue weighted by atomic mass is 10.0. The van der Waals surface area contributed by atoms with Gasteiger partial charge in [0.15, 0.2) is 0 Å². The third kappa shape index (κ3) is 1.71. The van der Waals surface area contributed by atoms with E-state index in [4.69, 9.17) is 5.26 Å². The molecule has 0 spiro atoms. The van der Waals surface area contributed by atoms with Crippen molar-refractivity contribution in [3.63, 3.8) is 0 Å². The van der Waals surface area contributed by atoms with E-state index in [2.05, 4.69) is 17.9 Å². The van der Waals surface area contributed by atoms with Crippen LogP contribution in [0.4, 0.5) is 0 Å². The quantitative estimate of drug-likeness (QED) is 0.571. The lowest BCUT2D eigenvalue weighted by Crippen LogP contribution is -2.46. The van der Waals surface area contributed by atoms with Gasteiger partial charge in [-0.1, -0.05) is 6.92 Å². The molecule has 1 aliphatic heterocycles. The summed E-state index contributed by atoms with van der Waals surface area (Å²) in [6.45, 7) is 7.55. The highest BCUT2D eigenvalue weighted by Crippen LogP contribution is 2.15. The number of rotatable bonds is 2. The maximum atomic E-state index is 8.49. The van der Waals surface area contributed by atoms with E-state index in [1.165, 1.54) is 13.1 Å². The maximum absolute atomic E-state index is 8.49. The summed E-state index contributed by atoms with van der Waals surface area (Å²) in [6.07, 6.45) is 0. The summed E-state index contributed by atoms with van der Waals surface area (Å²) in [6, 6.07) is 2.24. The molecular weight excluding hydrogens is 124 g/mol. The molecule has 2 heteroatoms. The van der Waals surface area contributed by atoms with Crippen LogP contribution in [0.5, 0.6) is 0 Å². The van der Waals surface area contributed by atoms with Gasteiger partial charge in [-0.15, -0.1) is 0 Å². The minimum atomic E-state index is 0.201. The molecule has 1 atom stereocenters. The largest absolute Gasteiger partial charge is 0.301 e. The summed E-state index contributed by atoms with van der Waals surface area (Å²) >= 11 is 0. The van der Waals surface area contributed by atoms with E-state index in [-0.39, 0.29) is 5.92 Å². The summed E-state index contributed by atoms with van der Waals surface area (Å²) in [5.41, 5.74) is 0. The molecule has 10 heavy (non-hydrogen) atoms. The van der Waals surface area contributed by atoms with Gasteiger partial charge in [-0.25, -0.2) is 0 Å². The number of nitrogens with zero attached hydrogens (tertiary/aromatic N) is 2. The van der Waals surface area contributed by atoms with Crippen LogP contribution in [0.25, 0.3) is 0 Å². The molecule has 0 amide bonds. The Kier molecular flexibility index (Phi) is 2.29. The van der Waals surface area contributed by atoms with Crippen molar-refractivity contribution in [3.05, 3.63) is 0 Å². The molecule has 0 radical (unpaired) electrons. The molecule has 0 aromatic carbocycles. The van der Waals surface area contributed by atoms with Crippen LogP contribution in [0.2, 0.25) is 0 Å². The molecule has 0 saturated carbocycles. The minimum absolute atomic E-state index is 0.201. The van der Waals surface area contributed by atoms with Gasteiger partial charge < -0.3 is 4.90 Å². The van der Waals surface area contributed by atoms with Gasteiger partial charge in [0.2, 0.25) is 0 Å². The van der Waals surface area contributed by atoms with E-state index < -0.39 is 0 Å². The van der Waals surface area contributed by atoms with Crippen molar-refractivity contribution in [2.24, 2.45) is 11.8 Å². The first-order valence-electron chi connectivity index (χ1n) is 3.84. The molecule has 1 aliphatic rings. The highest BCUT2D eigenvalue weighted by Gasteiger charge is 2.23. The molecule has 1 saturated heterocycles. The van der Waals surface area contributed by atoms with Crippen LogP contribution in [-0.4, -0.2) is 24.5 Å². The molecule has 0 aromatic rings. The summed E-state index contributed by atoms with van der Waals surface area (Å²) in [7, 11) is 0. The summed E-state index contributed by atoms with van der Waals surface area (Å²) in [4.78, 5) is 2.33. The summed E-state index contributed by atoms with van der Waals surface area (Å²) in [5, 5.41) is 8.49. The number of hydrogen-bond donors (Lipinski definition) is 0. The molecule has 56 valence electrons. The molecule has 0 aliphatic carbocycles. The Labute approximate surface area is 62.4 Å². The Morgan fingerprint density at radius 1 is 1.70 bits per heavy atom. The van der Waals surface area contributed by atoms with Crippen LogP contribution in [0, 0.1) is 23.2 Å². The average Bonchev–Trinajstić information content (AvgIpc) is 1.84. The number of hydrogen-bond acceptors (Lipinski definition) is 2. The number of likely N-dealkylation sites (tertiary alicyclic amines) is 1. The Hall–Kier alpha value is -0.550. The van der Waals surface area contributed by atoms with Crippen molar-refractivity contribution in [1.82, 2.24) is 4.90 Å². The van der Waals surface area contributed by atoms with E-state index in [1.54, 1.807) is 0 Å². The van der Waals surface area contributed by atoms with Gasteiger partial charge in [-0.05, 0) is 12.8 Å². The van der Waals surface area contributed by atoms with E-state index in [0.29, 0.717) is 0 Å². The van der Waals surface area contributed by atoms with Gasteiger partial charge in [0.1, 0.15) is 0 Å². The first-order chi connectivity index (χ1) is 4.72. The Bertz CT molecular complexity index is 142. The SMILES string of the molecule is CC(C#N)CN1CC(C)C1. The molecule has 2 nitrogen and oxygen atoms in total. The van der Waals surface area contributed by atoms with Crippen LogP contribution in [0.1, 0.15) is 13.8 Å². The van der Waals surface area contributed by atoms with Crippen LogP contribution in [0.3, 0.4) is 0 Å². The Morgan fingerprint density at radius 3 is 2.70 bits per heavy atom. The van der Waals surface area contributed by atoms with Gasteiger partial charge in [0.25, 0.3) is 0 Å². The molecular formula is C8H14N2. The lowest BCUT2D eigenvalue weighted by molar-refractivity contribution is 0.104. The monoisotopic (exact) mass is 138 g/mol. The Balaban J connectivity index is 2.11. The van der Waals surface area contributed by atoms with Crippen LogP contribution >= 0.6 is 0 Å². The van der Waals surface area contributed by atoms with Crippen molar-refractivity contribution in [2.75, 3.05) is 19.6 Å². The fraction of sp³-hybridized carbons (Fsp3) is 0.875. The molecule has 0 bridgehead atoms. The fourth-order valence-corrected chi connectivity index (χ4v) is 1.41. The normalized spacial score (nSPS) is 23.3. The highest BCUT2D eigenvalue weighted by atomic mass is 15.2. The van der Waals surface area contributed by atoms with Crippen molar-refractivity contribution < 1.29 is 0 Å². The smallest absolute Gasteiger partial charge is 0.0666 e. The van der Waals surface area contributed by atoms with Gasteiger partial charge in [0, 0.05) is 19.6 Å². The van der Waals surface area contributed by atoms with Crippen LogP contribution < -0.4 is 0 Å². The number of nitriles is 1. The third-order valence-electron chi connectivity index (χ3n) is 1.89. The van der Waals surface area contributed by atoms with E-state index in [1.807, 2.05) is 6.92 Å². The summed E-state index contributed by atoms with van der Waals surface area (Å²) < 4.78 is 0. The molecule has 1 rings (SSSR count). The fourth-order valence-electron chi connectivity index (χ4n) is 1.41. The zero-order chi connectivity index (χ0) is 7.56. The molecule has 0 aromatic heterocycles. The average molecular weight is 138 g/mol. The molecule has 1 unspecified atom stereocenters. The van der Waals surface area contributed by atoms with E-state index in [0.717, 1.165) is 12.5 Å². The van der Waals surface area contributed by atoms with Crippen molar-refractivity contribution in [2.45, 2.75) is 13.8 Å². The topological polar surface area (TPSA) is 27.0 Å². The first kappa shape index (κ1) is 7.56. The third-order valence-corrected chi connectivity index (χ3v) is 1.89. The van der Waals surface area contributed by atoms with E-state index >= 15 is 0 Å². The van der Waals surface area contributed by atoms with Gasteiger partial charge >= 0.3 is 0 Å². The second kappa shape index (κ2) is 3.03.